The molecule has 106 valence electrons. The average Bonchev–Trinajstić information content (AvgIpc) is 2.27. The lowest BCUT2D eigenvalue weighted by molar-refractivity contribution is 0.168. The number of likely N-dealkylation sites (tertiary alicyclic amines) is 1. The van der Waals surface area contributed by atoms with Gasteiger partial charge in [-0.15, -0.1) is 0 Å². The van der Waals surface area contributed by atoms with E-state index in [1.807, 2.05) is 0 Å². The molecule has 1 atom stereocenters. The zero-order valence-electron chi connectivity index (χ0n) is 12.5. The molecular weight excluding hydrogens is 224 g/mol. The maximum absolute atomic E-state index is 5.85. The van der Waals surface area contributed by atoms with Gasteiger partial charge in [-0.25, -0.2) is 0 Å². The second-order valence-corrected chi connectivity index (χ2v) is 6.38. The molecule has 3 N–H and O–H groups in total. The molecule has 4 nitrogen and oxygen atoms in total. The van der Waals surface area contributed by atoms with Crippen LogP contribution in [0.4, 0.5) is 0 Å². The molecule has 1 saturated heterocycles. The molecule has 0 bridgehead atoms. The van der Waals surface area contributed by atoms with Crippen LogP contribution >= 0.6 is 0 Å². The van der Waals surface area contributed by atoms with Crippen molar-refractivity contribution in [2.24, 2.45) is 10.7 Å². The van der Waals surface area contributed by atoms with Crippen LogP contribution in [0.25, 0.3) is 0 Å². The van der Waals surface area contributed by atoms with Crippen LogP contribution < -0.4 is 11.1 Å². The van der Waals surface area contributed by atoms with Gasteiger partial charge in [0.2, 0.25) is 0 Å². The summed E-state index contributed by atoms with van der Waals surface area (Å²) in [7, 11) is 0. The predicted molar refractivity (Wildman–Crippen MR) is 78.9 cm³/mol. The Labute approximate surface area is 112 Å². The number of nitrogens with two attached hydrogens (primary N) is 1. The number of rotatable bonds is 4. The summed E-state index contributed by atoms with van der Waals surface area (Å²) in [6.45, 7) is 11.9. The van der Waals surface area contributed by atoms with E-state index < -0.39 is 0 Å². The van der Waals surface area contributed by atoms with Gasteiger partial charge in [-0.05, 0) is 60.0 Å². The number of nitrogens with zero attached hydrogens (tertiary/aromatic N) is 2. The lowest BCUT2D eigenvalue weighted by Gasteiger charge is -2.32. The molecule has 1 rings (SSSR count). The van der Waals surface area contributed by atoms with Gasteiger partial charge < -0.3 is 16.0 Å². The topological polar surface area (TPSA) is 53.6 Å². The van der Waals surface area contributed by atoms with Gasteiger partial charge in [0.25, 0.3) is 0 Å². The molecule has 1 aliphatic rings. The Morgan fingerprint density at radius 3 is 2.44 bits per heavy atom. The molecule has 0 aromatic carbocycles. The van der Waals surface area contributed by atoms with Gasteiger partial charge in [-0.1, -0.05) is 6.42 Å². The van der Waals surface area contributed by atoms with Crippen molar-refractivity contribution in [3.8, 4) is 0 Å². The summed E-state index contributed by atoms with van der Waals surface area (Å²) in [4.78, 5) is 6.98. The van der Waals surface area contributed by atoms with E-state index in [-0.39, 0.29) is 5.54 Å². The number of piperidine rings is 1. The van der Waals surface area contributed by atoms with Crippen molar-refractivity contribution >= 4 is 5.96 Å². The van der Waals surface area contributed by atoms with Crippen LogP contribution in [-0.2, 0) is 0 Å². The van der Waals surface area contributed by atoms with Crippen molar-refractivity contribution < 1.29 is 0 Å². The molecule has 0 radical (unpaired) electrons. The van der Waals surface area contributed by atoms with E-state index in [9.17, 15) is 0 Å². The van der Waals surface area contributed by atoms with Gasteiger partial charge in [0.15, 0.2) is 5.96 Å². The Hall–Kier alpha value is -0.770. The summed E-state index contributed by atoms with van der Waals surface area (Å²) >= 11 is 0. The zero-order valence-corrected chi connectivity index (χ0v) is 12.5. The minimum Gasteiger partial charge on any atom is -0.370 e. The molecule has 0 aromatic rings. The summed E-state index contributed by atoms with van der Waals surface area (Å²) < 4.78 is 0. The molecule has 0 saturated carbocycles. The molecule has 1 fully saturated rings. The zero-order chi connectivity index (χ0) is 13.6. The summed E-state index contributed by atoms with van der Waals surface area (Å²) in [5.41, 5.74) is 5.84. The van der Waals surface area contributed by atoms with Crippen LogP contribution in [-0.4, -0.2) is 42.1 Å². The lowest BCUT2D eigenvalue weighted by Crippen LogP contribution is -2.45. The first-order chi connectivity index (χ1) is 8.38. The third-order valence-corrected chi connectivity index (χ3v) is 3.35. The Bertz CT molecular complexity index is 261. The quantitative estimate of drug-likeness (QED) is 0.595. The van der Waals surface area contributed by atoms with Crippen molar-refractivity contribution in [1.82, 2.24) is 10.2 Å². The van der Waals surface area contributed by atoms with Gasteiger partial charge in [-0.2, -0.15) is 0 Å². The minimum absolute atomic E-state index is 0.00787. The Balaban J connectivity index is 2.25. The van der Waals surface area contributed by atoms with Crippen LogP contribution in [0.15, 0.2) is 4.99 Å². The molecule has 1 aliphatic heterocycles. The Kier molecular flexibility index (Phi) is 5.93. The molecule has 1 unspecified atom stereocenters. The van der Waals surface area contributed by atoms with Gasteiger partial charge in [0.05, 0.1) is 0 Å². The van der Waals surface area contributed by atoms with Crippen molar-refractivity contribution in [3.63, 3.8) is 0 Å². The molecular formula is C14H30N4. The van der Waals surface area contributed by atoms with Crippen LogP contribution in [0.3, 0.4) is 0 Å². The molecule has 0 spiro atoms. The molecule has 1 heterocycles. The number of hydrogen-bond donors (Lipinski definition) is 2. The molecule has 0 aromatic heterocycles. The van der Waals surface area contributed by atoms with E-state index >= 15 is 0 Å². The number of aliphatic imine (C=N–C) groups is 1. The van der Waals surface area contributed by atoms with Gasteiger partial charge in [0, 0.05) is 18.1 Å². The Morgan fingerprint density at radius 1 is 1.28 bits per heavy atom. The van der Waals surface area contributed by atoms with Crippen molar-refractivity contribution in [2.45, 2.75) is 65.0 Å². The second-order valence-electron chi connectivity index (χ2n) is 6.38. The van der Waals surface area contributed by atoms with E-state index in [2.05, 4.69) is 42.9 Å². The van der Waals surface area contributed by atoms with Gasteiger partial charge in [0.1, 0.15) is 0 Å². The normalized spacial score (nSPS) is 20.8. The first kappa shape index (κ1) is 15.3. The van der Waals surface area contributed by atoms with E-state index in [1.54, 1.807) is 0 Å². The first-order valence-electron chi connectivity index (χ1n) is 7.20. The molecule has 18 heavy (non-hydrogen) atoms. The lowest BCUT2D eigenvalue weighted by atomic mass is 10.1. The first-order valence-corrected chi connectivity index (χ1v) is 7.20. The largest absolute Gasteiger partial charge is 0.370 e. The fourth-order valence-corrected chi connectivity index (χ4v) is 2.34. The highest BCUT2D eigenvalue weighted by atomic mass is 15.2. The standard InChI is InChI=1S/C14H30N4/c1-12(18-10-6-5-7-11-18)8-9-16-13(15)17-14(2,3)4/h12H,5-11H2,1-4H3,(H3,15,16,17). The van der Waals surface area contributed by atoms with Crippen molar-refractivity contribution in [2.75, 3.05) is 19.6 Å². The SMILES string of the molecule is CC(CCN=C(N)NC(C)(C)C)N1CCCCC1. The predicted octanol–water partition coefficient (Wildman–Crippen LogP) is 1.95. The smallest absolute Gasteiger partial charge is 0.188 e. The van der Waals surface area contributed by atoms with E-state index in [4.69, 9.17) is 5.73 Å². The number of hydrogen-bond acceptors (Lipinski definition) is 2. The van der Waals surface area contributed by atoms with E-state index in [1.165, 1.54) is 32.4 Å². The van der Waals surface area contributed by atoms with Crippen LogP contribution in [0.2, 0.25) is 0 Å². The third kappa shape index (κ3) is 6.24. The Morgan fingerprint density at radius 2 is 1.89 bits per heavy atom. The van der Waals surface area contributed by atoms with Crippen LogP contribution in [0, 0.1) is 0 Å². The van der Waals surface area contributed by atoms with Crippen molar-refractivity contribution in [3.05, 3.63) is 0 Å². The maximum atomic E-state index is 5.85. The van der Waals surface area contributed by atoms with Gasteiger partial charge >= 0.3 is 0 Å². The van der Waals surface area contributed by atoms with Gasteiger partial charge in [-0.3, -0.25) is 4.99 Å². The number of nitrogens with one attached hydrogen (secondary N) is 1. The summed E-state index contributed by atoms with van der Waals surface area (Å²) in [5, 5.41) is 3.19. The molecule has 0 aliphatic carbocycles. The minimum atomic E-state index is -0.00787. The highest BCUT2D eigenvalue weighted by Gasteiger charge is 2.16. The molecule has 4 heteroatoms. The van der Waals surface area contributed by atoms with E-state index in [0.717, 1.165) is 13.0 Å². The summed E-state index contributed by atoms with van der Waals surface area (Å²) in [6, 6.07) is 0.622. The highest BCUT2D eigenvalue weighted by Crippen LogP contribution is 2.13. The fraction of sp³-hybridized carbons (Fsp3) is 0.929. The average molecular weight is 254 g/mol. The fourth-order valence-electron chi connectivity index (χ4n) is 2.34. The van der Waals surface area contributed by atoms with Crippen LogP contribution in [0.1, 0.15) is 53.4 Å². The maximum Gasteiger partial charge on any atom is 0.188 e. The highest BCUT2D eigenvalue weighted by molar-refractivity contribution is 5.78. The van der Waals surface area contributed by atoms with Crippen LogP contribution in [0.5, 0.6) is 0 Å². The second kappa shape index (κ2) is 6.98. The molecule has 0 amide bonds. The van der Waals surface area contributed by atoms with E-state index in [0.29, 0.717) is 12.0 Å². The van der Waals surface area contributed by atoms with Crippen molar-refractivity contribution in [1.29, 1.82) is 0 Å². The number of guanidine groups is 1. The monoisotopic (exact) mass is 254 g/mol. The third-order valence-electron chi connectivity index (χ3n) is 3.35. The summed E-state index contributed by atoms with van der Waals surface area (Å²) in [5.74, 6) is 0.563. The summed E-state index contributed by atoms with van der Waals surface area (Å²) in [6.07, 6.45) is 5.18.